The molecule has 2 rings (SSSR count). The molecule has 1 aliphatic heterocycles. The molecule has 1 amide bonds. The van der Waals surface area contributed by atoms with E-state index < -0.39 is 5.60 Å². The second kappa shape index (κ2) is 7.21. The molecule has 0 spiro atoms. The molecule has 1 N–H and O–H groups in total. The highest BCUT2D eigenvalue weighted by atomic mass is 35.5. The summed E-state index contributed by atoms with van der Waals surface area (Å²) in [4.78, 5) is 22.1. The van der Waals surface area contributed by atoms with Crippen molar-refractivity contribution in [3.05, 3.63) is 11.3 Å². The number of hydrogen-bond acceptors (Lipinski definition) is 6. The van der Waals surface area contributed by atoms with E-state index >= 15 is 0 Å². The number of aromatic nitrogens is 2. The zero-order valence-electron chi connectivity index (χ0n) is 13.9. The SMILES string of the molecule is COc1cc(N2CCC(NC(=O)OC(C)(C)C)CC2)nc(Cl)n1. The summed E-state index contributed by atoms with van der Waals surface area (Å²) in [5, 5.41) is 3.07. The largest absolute Gasteiger partial charge is 0.481 e. The van der Waals surface area contributed by atoms with Gasteiger partial charge in [0.1, 0.15) is 11.4 Å². The number of piperidine rings is 1. The predicted octanol–water partition coefficient (Wildman–Crippen LogP) is 2.63. The van der Waals surface area contributed by atoms with Crippen LogP contribution in [-0.2, 0) is 4.74 Å². The number of ether oxygens (including phenoxy) is 2. The van der Waals surface area contributed by atoms with Crippen molar-refractivity contribution in [3.63, 3.8) is 0 Å². The van der Waals surface area contributed by atoms with Crippen LogP contribution in [0.15, 0.2) is 6.07 Å². The Bertz CT molecular complexity index is 554. The van der Waals surface area contributed by atoms with Crippen molar-refractivity contribution in [1.29, 1.82) is 0 Å². The van der Waals surface area contributed by atoms with E-state index in [1.54, 1.807) is 13.2 Å². The Labute approximate surface area is 141 Å². The number of halogens is 1. The average Bonchev–Trinajstić information content (AvgIpc) is 2.45. The lowest BCUT2D eigenvalue weighted by molar-refractivity contribution is 0.0497. The van der Waals surface area contributed by atoms with E-state index in [1.165, 1.54) is 0 Å². The number of nitrogens with one attached hydrogen (secondary N) is 1. The molecule has 128 valence electrons. The van der Waals surface area contributed by atoms with Gasteiger partial charge in [0, 0.05) is 25.2 Å². The van der Waals surface area contributed by atoms with E-state index in [4.69, 9.17) is 21.1 Å². The summed E-state index contributed by atoms with van der Waals surface area (Å²) in [6.45, 7) is 7.07. The minimum absolute atomic E-state index is 0.0975. The third-order valence-electron chi connectivity index (χ3n) is 3.41. The summed E-state index contributed by atoms with van der Waals surface area (Å²) in [7, 11) is 1.54. The van der Waals surface area contributed by atoms with Crippen LogP contribution in [0.1, 0.15) is 33.6 Å². The van der Waals surface area contributed by atoms with Crippen molar-refractivity contribution in [3.8, 4) is 5.88 Å². The fraction of sp³-hybridized carbons (Fsp3) is 0.667. The first kappa shape index (κ1) is 17.6. The Balaban J connectivity index is 1.89. The third kappa shape index (κ3) is 5.42. The van der Waals surface area contributed by atoms with Gasteiger partial charge in [-0.25, -0.2) is 9.78 Å². The number of alkyl carbamates (subject to hydrolysis) is 1. The number of rotatable bonds is 3. The number of carbonyl (C=O) groups excluding carboxylic acids is 1. The topological polar surface area (TPSA) is 76.6 Å². The van der Waals surface area contributed by atoms with Crippen LogP contribution in [0.3, 0.4) is 0 Å². The third-order valence-corrected chi connectivity index (χ3v) is 3.58. The number of anilines is 1. The summed E-state index contributed by atoms with van der Waals surface area (Å²) in [6, 6.07) is 1.85. The van der Waals surface area contributed by atoms with Gasteiger partial charge < -0.3 is 19.7 Å². The summed E-state index contributed by atoms with van der Waals surface area (Å²) in [6.07, 6.45) is 1.24. The molecule has 0 saturated carbocycles. The van der Waals surface area contributed by atoms with Gasteiger partial charge in [-0.1, -0.05) is 0 Å². The lowest BCUT2D eigenvalue weighted by Gasteiger charge is -2.33. The lowest BCUT2D eigenvalue weighted by Crippen LogP contribution is -2.46. The van der Waals surface area contributed by atoms with Gasteiger partial charge in [-0.05, 0) is 45.2 Å². The molecular formula is C15H23ClN4O3. The highest BCUT2D eigenvalue weighted by Crippen LogP contribution is 2.23. The van der Waals surface area contributed by atoms with Crippen LogP contribution in [0, 0.1) is 0 Å². The summed E-state index contributed by atoms with van der Waals surface area (Å²) < 4.78 is 10.4. The van der Waals surface area contributed by atoms with Gasteiger partial charge >= 0.3 is 6.09 Å². The van der Waals surface area contributed by atoms with Crippen molar-refractivity contribution in [1.82, 2.24) is 15.3 Å². The standard InChI is InChI=1S/C15H23ClN4O3/c1-15(2,3)23-14(21)17-10-5-7-20(8-6-10)11-9-12(22-4)19-13(16)18-11/h9-10H,5-8H2,1-4H3,(H,17,21). The van der Waals surface area contributed by atoms with Crippen LogP contribution >= 0.6 is 11.6 Å². The number of carbonyl (C=O) groups is 1. The molecule has 1 saturated heterocycles. The average molecular weight is 343 g/mol. The van der Waals surface area contributed by atoms with Crippen molar-refractivity contribution in [2.24, 2.45) is 0 Å². The maximum atomic E-state index is 11.8. The molecule has 1 aromatic heterocycles. The molecule has 0 unspecified atom stereocenters. The Hall–Kier alpha value is -1.76. The van der Waals surface area contributed by atoms with Gasteiger partial charge in [0.15, 0.2) is 0 Å². The number of nitrogens with zero attached hydrogens (tertiary/aromatic N) is 3. The van der Waals surface area contributed by atoms with Crippen LogP contribution in [0.2, 0.25) is 5.28 Å². The number of methoxy groups -OCH3 is 1. The number of hydrogen-bond donors (Lipinski definition) is 1. The van der Waals surface area contributed by atoms with Gasteiger partial charge in [0.25, 0.3) is 0 Å². The van der Waals surface area contributed by atoms with Crippen LogP contribution < -0.4 is 15.0 Å². The van der Waals surface area contributed by atoms with Gasteiger partial charge in [0.2, 0.25) is 11.2 Å². The Morgan fingerprint density at radius 1 is 1.35 bits per heavy atom. The van der Waals surface area contributed by atoms with Crippen molar-refractivity contribution in [2.45, 2.75) is 45.3 Å². The molecule has 1 fully saturated rings. The second-order valence-electron chi connectivity index (χ2n) is 6.45. The van der Waals surface area contributed by atoms with Gasteiger partial charge in [-0.15, -0.1) is 0 Å². The van der Waals surface area contributed by atoms with Crippen LogP contribution in [0.4, 0.5) is 10.6 Å². The summed E-state index contributed by atoms with van der Waals surface area (Å²) >= 11 is 5.90. The first-order valence-electron chi connectivity index (χ1n) is 7.60. The monoisotopic (exact) mass is 342 g/mol. The fourth-order valence-corrected chi connectivity index (χ4v) is 2.55. The van der Waals surface area contributed by atoms with Gasteiger partial charge in [-0.3, -0.25) is 0 Å². The molecule has 2 heterocycles. The Morgan fingerprint density at radius 2 is 2.00 bits per heavy atom. The quantitative estimate of drug-likeness (QED) is 0.851. The second-order valence-corrected chi connectivity index (χ2v) is 6.78. The minimum Gasteiger partial charge on any atom is -0.481 e. The molecule has 8 heteroatoms. The van der Waals surface area contributed by atoms with Crippen molar-refractivity contribution < 1.29 is 14.3 Å². The smallest absolute Gasteiger partial charge is 0.407 e. The van der Waals surface area contributed by atoms with Crippen LogP contribution in [0.5, 0.6) is 5.88 Å². The highest BCUT2D eigenvalue weighted by Gasteiger charge is 2.24. The Morgan fingerprint density at radius 3 is 2.57 bits per heavy atom. The summed E-state index contributed by atoms with van der Waals surface area (Å²) in [5.41, 5.74) is -0.487. The molecule has 1 aromatic rings. The van der Waals surface area contributed by atoms with E-state index in [-0.39, 0.29) is 17.4 Å². The zero-order chi connectivity index (χ0) is 17.0. The summed E-state index contributed by atoms with van der Waals surface area (Å²) in [5.74, 6) is 1.17. The van der Waals surface area contributed by atoms with E-state index in [1.807, 2.05) is 20.8 Å². The molecule has 7 nitrogen and oxygen atoms in total. The van der Waals surface area contributed by atoms with Crippen molar-refractivity contribution in [2.75, 3.05) is 25.1 Å². The molecule has 0 atom stereocenters. The zero-order valence-corrected chi connectivity index (χ0v) is 14.7. The fourth-order valence-electron chi connectivity index (χ4n) is 2.38. The van der Waals surface area contributed by atoms with E-state index in [0.717, 1.165) is 31.7 Å². The molecule has 1 aliphatic rings. The molecule has 0 aromatic carbocycles. The van der Waals surface area contributed by atoms with Crippen molar-refractivity contribution >= 4 is 23.5 Å². The lowest BCUT2D eigenvalue weighted by atomic mass is 10.1. The molecule has 23 heavy (non-hydrogen) atoms. The first-order chi connectivity index (χ1) is 10.8. The Kier molecular flexibility index (Phi) is 5.51. The molecule has 0 radical (unpaired) electrons. The molecule has 0 aliphatic carbocycles. The molecule has 0 bridgehead atoms. The van der Waals surface area contributed by atoms with Gasteiger partial charge in [-0.2, -0.15) is 4.98 Å². The number of amides is 1. The van der Waals surface area contributed by atoms with Crippen LogP contribution in [-0.4, -0.2) is 47.9 Å². The normalized spacial score (nSPS) is 16.1. The maximum Gasteiger partial charge on any atom is 0.407 e. The van der Waals surface area contributed by atoms with E-state index in [9.17, 15) is 4.79 Å². The predicted molar refractivity (Wildman–Crippen MR) is 88.2 cm³/mol. The maximum absolute atomic E-state index is 11.8. The van der Waals surface area contributed by atoms with E-state index in [0.29, 0.717) is 5.88 Å². The van der Waals surface area contributed by atoms with E-state index in [2.05, 4.69) is 20.2 Å². The van der Waals surface area contributed by atoms with Gasteiger partial charge in [0.05, 0.1) is 7.11 Å². The van der Waals surface area contributed by atoms with Crippen LogP contribution in [0.25, 0.3) is 0 Å². The minimum atomic E-state index is -0.487. The first-order valence-corrected chi connectivity index (χ1v) is 7.97. The highest BCUT2D eigenvalue weighted by molar-refractivity contribution is 6.28. The molecular weight excluding hydrogens is 320 g/mol.